The summed E-state index contributed by atoms with van der Waals surface area (Å²) in [6, 6.07) is 4.06. The summed E-state index contributed by atoms with van der Waals surface area (Å²) in [7, 11) is 0. The second-order valence-electron chi connectivity index (χ2n) is 6.38. The Labute approximate surface area is 138 Å². The van der Waals surface area contributed by atoms with Crippen LogP contribution in [0.4, 0.5) is 0 Å². The molecule has 0 saturated heterocycles. The average Bonchev–Trinajstić information content (AvgIpc) is 2.89. The van der Waals surface area contributed by atoms with Crippen molar-refractivity contribution in [3.63, 3.8) is 0 Å². The Morgan fingerprint density at radius 3 is 2.65 bits per heavy atom. The number of aromatic nitrogens is 1. The topological polar surface area (TPSA) is 55.1 Å². The Hall–Kier alpha value is -1.84. The van der Waals surface area contributed by atoms with Gasteiger partial charge in [0.1, 0.15) is 5.69 Å². The number of unbranched alkanes of at least 4 members (excludes halogenated alkanes) is 5. The molecule has 0 bridgehead atoms. The zero-order valence-electron chi connectivity index (χ0n) is 14.6. The van der Waals surface area contributed by atoms with Crippen LogP contribution >= 0.6 is 0 Å². The first-order valence-corrected chi connectivity index (χ1v) is 8.74. The number of carbonyl (C=O) groups excluding carboxylic acids is 1. The highest BCUT2D eigenvalue weighted by Gasteiger charge is 2.14. The largest absolute Gasteiger partial charge is 0.356 e. The molecular weight excluding hydrogens is 288 g/mol. The molecular formula is C19H28N2O2. The summed E-state index contributed by atoms with van der Waals surface area (Å²) in [5.41, 5.74) is 3.75. The van der Waals surface area contributed by atoms with Crippen molar-refractivity contribution in [2.75, 3.05) is 6.54 Å². The van der Waals surface area contributed by atoms with Gasteiger partial charge in [0.25, 0.3) is 0 Å². The molecule has 126 valence electrons. The van der Waals surface area contributed by atoms with Gasteiger partial charge < -0.3 is 9.84 Å². The number of amides is 1. The van der Waals surface area contributed by atoms with Crippen molar-refractivity contribution in [1.82, 2.24) is 10.5 Å². The van der Waals surface area contributed by atoms with E-state index in [0.717, 1.165) is 40.8 Å². The lowest BCUT2D eigenvalue weighted by atomic mass is 10.0. The number of nitrogens with zero attached hydrogens (tertiary/aromatic N) is 1. The quantitative estimate of drug-likeness (QED) is 0.695. The fourth-order valence-electron chi connectivity index (χ4n) is 2.99. The molecule has 0 saturated carbocycles. The van der Waals surface area contributed by atoms with Crippen LogP contribution < -0.4 is 5.32 Å². The van der Waals surface area contributed by atoms with Gasteiger partial charge in [-0.25, -0.2) is 0 Å². The predicted molar refractivity (Wildman–Crippen MR) is 93.6 cm³/mol. The summed E-state index contributed by atoms with van der Waals surface area (Å²) in [5.74, 6) is 0.0220. The Bertz CT molecular complexity index is 646. The summed E-state index contributed by atoms with van der Waals surface area (Å²) < 4.78 is 5.36. The van der Waals surface area contributed by atoms with E-state index in [4.69, 9.17) is 4.52 Å². The number of rotatable bonds is 9. The van der Waals surface area contributed by atoms with Gasteiger partial charge >= 0.3 is 0 Å². The Morgan fingerprint density at radius 2 is 1.87 bits per heavy atom. The first-order chi connectivity index (χ1) is 11.1. The SMILES string of the molecule is CCCCCCCCNC(=O)Cc1noc2cc(C)cc(C)c12. The number of hydrogen-bond donors (Lipinski definition) is 1. The molecule has 0 aliphatic heterocycles. The fraction of sp³-hybridized carbons (Fsp3) is 0.579. The number of fused-ring (bicyclic) bond motifs is 1. The second-order valence-corrected chi connectivity index (χ2v) is 6.38. The van der Waals surface area contributed by atoms with E-state index in [1.807, 2.05) is 19.9 Å². The first-order valence-electron chi connectivity index (χ1n) is 8.74. The normalized spacial score (nSPS) is 11.1. The molecule has 1 aromatic heterocycles. The third kappa shape index (κ3) is 5.08. The van der Waals surface area contributed by atoms with E-state index in [-0.39, 0.29) is 12.3 Å². The van der Waals surface area contributed by atoms with Crippen molar-refractivity contribution < 1.29 is 9.32 Å². The van der Waals surface area contributed by atoms with Gasteiger partial charge in [-0.15, -0.1) is 0 Å². The summed E-state index contributed by atoms with van der Waals surface area (Å²) in [4.78, 5) is 12.1. The highest BCUT2D eigenvalue weighted by molar-refractivity contribution is 5.88. The molecule has 0 aliphatic carbocycles. The third-order valence-electron chi connectivity index (χ3n) is 4.17. The molecule has 4 heteroatoms. The maximum Gasteiger partial charge on any atom is 0.226 e. The lowest BCUT2D eigenvalue weighted by Gasteiger charge is -2.05. The number of aryl methyl sites for hydroxylation is 2. The van der Waals surface area contributed by atoms with E-state index < -0.39 is 0 Å². The van der Waals surface area contributed by atoms with E-state index in [9.17, 15) is 4.79 Å². The van der Waals surface area contributed by atoms with Crippen molar-refractivity contribution >= 4 is 16.9 Å². The standard InChI is InChI=1S/C19H28N2O2/c1-4-5-6-7-8-9-10-20-18(22)13-16-19-15(3)11-14(2)12-17(19)23-21-16/h11-12H,4-10,13H2,1-3H3,(H,20,22). The summed E-state index contributed by atoms with van der Waals surface area (Å²) >= 11 is 0. The molecule has 1 heterocycles. The van der Waals surface area contributed by atoms with E-state index in [2.05, 4.69) is 23.5 Å². The molecule has 2 aromatic rings. The van der Waals surface area contributed by atoms with Crippen LogP contribution in [0.15, 0.2) is 16.7 Å². The minimum atomic E-state index is 0.0220. The van der Waals surface area contributed by atoms with Crippen molar-refractivity contribution in [3.8, 4) is 0 Å². The van der Waals surface area contributed by atoms with Crippen LogP contribution in [-0.2, 0) is 11.2 Å². The Balaban J connectivity index is 1.80. The molecule has 0 spiro atoms. The van der Waals surface area contributed by atoms with Gasteiger partial charge in [-0.3, -0.25) is 4.79 Å². The van der Waals surface area contributed by atoms with Crippen molar-refractivity contribution in [2.45, 2.75) is 65.7 Å². The van der Waals surface area contributed by atoms with Gasteiger partial charge in [-0.05, 0) is 37.5 Å². The molecule has 2 rings (SSSR count). The smallest absolute Gasteiger partial charge is 0.226 e. The predicted octanol–water partition coefficient (Wildman–Crippen LogP) is 4.46. The van der Waals surface area contributed by atoms with Gasteiger partial charge in [0.15, 0.2) is 5.58 Å². The fourth-order valence-corrected chi connectivity index (χ4v) is 2.99. The van der Waals surface area contributed by atoms with Crippen LogP contribution in [0, 0.1) is 13.8 Å². The highest BCUT2D eigenvalue weighted by Crippen LogP contribution is 2.24. The summed E-state index contributed by atoms with van der Waals surface area (Å²) in [6.45, 7) is 7.03. The van der Waals surface area contributed by atoms with E-state index in [1.165, 1.54) is 32.1 Å². The second kappa shape index (κ2) is 8.70. The van der Waals surface area contributed by atoms with E-state index in [1.54, 1.807) is 0 Å². The molecule has 0 aliphatic rings. The molecule has 0 radical (unpaired) electrons. The lowest BCUT2D eigenvalue weighted by Crippen LogP contribution is -2.26. The van der Waals surface area contributed by atoms with Crippen molar-refractivity contribution in [3.05, 3.63) is 29.0 Å². The van der Waals surface area contributed by atoms with Gasteiger partial charge in [0.2, 0.25) is 5.91 Å². The molecule has 0 fully saturated rings. The maximum absolute atomic E-state index is 12.1. The number of carbonyl (C=O) groups is 1. The van der Waals surface area contributed by atoms with Crippen LogP contribution in [0.25, 0.3) is 11.0 Å². The molecule has 1 N–H and O–H groups in total. The number of benzene rings is 1. The molecule has 4 nitrogen and oxygen atoms in total. The lowest BCUT2D eigenvalue weighted by molar-refractivity contribution is -0.120. The van der Waals surface area contributed by atoms with Gasteiger partial charge in [0.05, 0.1) is 6.42 Å². The monoisotopic (exact) mass is 316 g/mol. The van der Waals surface area contributed by atoms with Crippen molar-refractivity contribution in [2.24, 2.45) is 0 Å². The van der Waals surface area contributed by atoms with Crippen LogP contribution in [-0.4, -0.2) is 17.6 Å². The summed E-state index contributed by atoms with van der Waals surface area (Å²) in [6.07, 6.45) is 7.65. The highest BCUT2D eigenvalue weighted by atomic mass is 16.5. The van der Waals surface area contributed by atoms with Gasteiger partial charge in [-0.2, -0.15) is 0 Å². The number of nitrogens with one attached hydrogen (secondary N) is 1. The minimum Gasteiger partial charge on any atom is -0.356 e. The van der Waals surface area contributed by atoms with E-state index in [0.29, 0.717) is 0 Å². The molecule has 0 unspecified atom stereocenters. The molecule has 0 atom stereocenters. The molecule has 1 amide bonds. The van der Waals surface area contributed by atoms with E-state index >= 15 is 0 Å². The van der Waals surface area contributed by atoms with Crippen LogP contribution in [0.5, 0.6) is 0 Å². The zero-order valence-corrected chi connectivity index (χ0v) is 14.6. The minimum absolute atomic E-state index is 0.0220. The zero-order chi connectivity index (χ0) is 16.7. The maximum atomic E-state index is 12.1. The summed E-state index contributed by atoms with van der Waals surface area (Å²) in [5, 5.41) is 8.04. The van der Waals surface area contributed by atoms with Crippen LogP contribution in [0.2, 0.25) is 0 Å². The third-order valence-corrected chi connectivity index (χ3v) is 4.17. The van der Waals surface area contributed by atoms with Gasteiger partial charge in [0, 0.05) is 11.9 Å². The van der Waals surface area contributed by atoms with Crippen molar-refractivity contribution in [1.29, 1.82) is 0 Å². The molecule has 23 heavy (non-hydrogen) atoms. The van der Waals surface area contributed by atoms with Gasteiger partial charge in [-0.1, -0.05) is 50.3 Å². The van der Waals surface area contributed by atoms with Crippen LogP contribution in [0.1, 0.15) is 62.3 Å². The van der Waals surface area contributed by atoms with Crippen LogP contribution in [0.3, 0.4) is 0 Å². The number of hydrogen-bond acceptors (Lipinski definition) is 3. The first kappa shape index (κ1) is 17.5. The average molecular weight is 316 g/mol. The Morgan fingerprint density at radius 1 is 1.13 bits per heavy atom. The molecule has 1 aromatic carbocycles. The Kier molecular flexibility index (Phi) is 6.63.